The van der Waals surface area contributed by atoms with Gasteiger partial charge in [0.05, 0.1) is 5.52 Å². The Morgan fingerprint density at radius 2 is 1.43 bits per heavy atom. The summed E-state index contributed by atoms with van der Waals surface area (Å²) in [4.78, 5) is 12.0. The first-order valence-corrected chi connectivity index (χ1v) is 10.7. The number of fused-ring (bicyclic) bond motifs is 2. The van der Waals surface area contributed by atoms with E-state index in [1.807, 2.05) is 36.4 Å². The van der Waals surface area contributed by atoms with E-state index in [4.69, 9.17) is 9.97 Å². The van der Waals surface area contributed by atoms with Crippen LogP contribution in [0.3, 0.4) is 0 Å². The van der Waals surface area contributed by atoms with Gasteiger partial charge in [-0.15, -0.1) is 0 Å². The quantitative estimate of drug-likeness (QED) is 0.297. The topological polar surface area (TPSA) is 29.0 Å². The van der Waals surface area contributed by atoms with Gasteiger partial charge in [-0.1, -0.05) is 82.7 Å². The van der Waals surface area contributed by atoms with Crippen molar-refractivity contribution in [2.45, 2.75) is 6.54 Å². The Bertz CT molecular complexity index is 1340. The van der Waals surface area contributed by atoms with Crippen LogP contribution in [-0.4, -0.2) is 17.0 Å². The van der Waals surface area contributed by atoms with Crippen molar-refractivity contribution in [3.05, 3.63) is 101 Å². The molecule has 0 aliphatic heterocycles. The van der Waals surface area contributed by atoms with Crippen molar-refractivity contribution < 1.29 is 0 Å². The average Bonchev–Trinajstić information content (AvgIpc) is 2.79. The van der Waals surface area contributed by atoms with Crippen molar-refractivity contribution in [2.75, 3.05) is 11.9 Å². The summed E-state index contributed by atoms with van der Waals surface area (Å²) in [6, 6.07) is 31.3. The maximum absolute atomic E-state index is 4.98. The normalized spacial score (nSPS) is 11.1. The van der Waals surface area contributed by atoms with Gasteiger partial charge in [0.2, 0.25) is 0 Å². The molecule has 0 unspecified atom stereocenters. The highest BCUT2D eigenvalue weighted by Gasteiger charge is 2.14. The van der Waals surface area contributed by atoms with Gasteiger partial charge in [-0.05, 0) is 40.6 Å². The molecule has 4 heteroatoms. The van der Waals surface area contributed by atoms with Gasteiger partial charge in [-0.2, -0.15) is 0 Å². The fourth-order valence-electron chi connectivity index (χ4n) is 3.84. The molecule has 0 saturated heterocycles. The second-order valence-electron chi connectivity index (χ2n) is 7.39. The minimum absolute atomic E-state index is 0.737. The lowest BCUT2D eigenvalue weighted by molar-refractivity contribution is 0.908. The van der Waals surface area contributed by atoms with Crippen LogP contribution in [-0.2, 0) is 6.54 Å². The van der Waals surface area contributed by atoms with Gasteiger partial charge in [0, 0.05) is 29.0 Å². The summed E-state index contributed by atoms with van der Waals surface area (Å²) < 4.78 is 1.04. The van der Waals surface area contributed by atoms with Crippen molar-refractivity contribution >= 4 is 43.4 Å². The van der Waals surface area contributed by atoms with E-state index in [2.05, 4.69) is 82.5 Å². The van der Waals surface area contributed by atoms with Crippen LogP contribution in [0.1, 0.15) is 5.56 Å². The zero-order chi connectivity index (χ0) is 20.5. The van der Waals surface area contributed by atoms with Crippen LogP contribution in [0.2, 0.25) is 0 Å². The van der Waals surface area contributed by atoms with Crippen LogP contribution >= 0.6 is 15.9 Å². The standard InChI is InChI=1S/C26H20BrN3/c1-30(17-20-9-6-8-18-7-2-3-10-22(18)20)26-23-11-4-5-12-24(23)28-25(29-26)19-13-15-21(27)16-14-19/h2-16H,17H2,1H3. The highest BCUT2D eigenvalue weighted by atomic mass is 79.9. The van der Waals surface area contributed by atoms with E-state index >= 15 is 0 Å². The molecule has 30 heavy (non-hydrogen) atoms. The van der Waals surface area contributed by atoms with Crippen LogP contribution in [0, 0.1) is 0 Å². The van der Waals surface area contributed by atoms with Crippen molar-refractivity contribution in [2.24, 2.45) is 0 Å². The Labute approximate surface area is 184 Å². The Morgan fingerprint density at radius 3 is 2.27 bits per heavy atom. The van der Waals surface area contributed by atoms with Crippen LogP contribution in [0.15, 0.2) is 95.5 Å². The Balaban J connectivity index is 1.61. The minimum atomic E-state index is 0.737. The van der Waals surface area contributed by atoms with Crippen LogP contribution < -0.4 is 4.90 Å². The number of para-hydroxylation sites is 1. The number of hydrogen-bond donors (Lipinski definition) is 0. The van der Waals surface area contributed by atoms with Crippen LogP contribution in [0.5, 0.6) is 0 Å². The largest absolute Gasteiger partial charge is 0.355 e. The summed E-state index contributed by atoms with van der Waals surface area (Å²) in [6.07, 6.45) is 0. The van der Waals surface area contributed by atoms with E-state index < -0.39 is 0 Å². The van der Waals surface area contributed by atoms with E-state index in [1.165, 1.54) is 16.3 Å². The monoisotopic (exact) mass is 453 g/mol. The summed E-state index contributed by atoms with van der Waals surface area (Å²) in [5.74, 6) is 1.67. The lowest BCUT2D eigenvalue weighted by atomic mass is 10.0. The summed E-state index contributed by atoms with van der Waals surface area (Å²) in [6.45, 7) is 0.766. The van der Waals surface area contributed by atoms with Crippen molar-refractivity contribution in [1.29, 1.82) is 0 Å². The number of anilines is 1. The zero-order valence-corrected chi connectivity index (χ0v) is 18.2. The van der Waals surface area contributed by atoms with Gasteiger partial charge < -0.3 is 4.90 Å². The molecule has 0 aliphatic rings. The molecule has 0 radical (unpaired) electrons. The van der Waals surface area contributed by atoms with Crippen molar-refractivity contribution in [3.63, 3.8) is 0 Å². The predicted molar refractivity (Wildman–Crippen MR) is 129 cm³/mol. The second-order valence-corrected chi connectivity index (χ2v) is 8.30. The SMILES string of the molecule is CN(Cc1cccc2ccccc12)c1nc(-c2ccc(Br)cc2)nc2ccccc12. The fourth-order valence-corrected chi connectivity index (χ4v) is 4.10. The average molecular weight is 454 g/mol. The predicted octanol–water partition coefficient (Wildman–Crippen LogP) is 6.85. The van der Waals surface area contributed by atoms with Crippen LogP contribution in [0.25, 0.3) is 33.1 Å². The molecule has 0 atom stereocenters. The Morgan fingerprint density at radius 1 is 0.733 bits per heavy atom. The molecule has 0 N–H and O–H groups in total. The molecule has 0 bridgehead atoms. The fraction of sp³-hybridized carbons (Fsp3) is 0.0769. The first-order valence-electron chi connectivity index (χ1n) is 9.89. The van der Waals surface area contributed by atoms with Gasteiger partial charge in [-0.3, -0.25) is 0 Å². The van der Waals surface area contributed by atoms with Crippen LogP contribution in [0.4, 0.5) is 5.82 Å². The third-order valence-corrected chi connectivity index (χ3v) is 5.86. The van der Waals surface area contributed by atoms with E-state index in [9.17, 15) is 0 Å². The maximum atomic E-state index is 4.98. The number of benzene rings is 4. The molecule has 5 rings (SSSR count). The Hall–Kier alpha value is -3.24. The highest BCUT2D eigenvalue weighted by molar-refractivity contribution is 9.10. The zero-order valence-electron chi connectivity index (χ0n) is 16.6. The molecule has 5 aromatic rings. The summed E-state index contributed by atoms with van der Waals surface area (Å²) >= 11 is 3.50. The molecule has 0 saturated carbocycles. The molecule has 0 spiro atoms. The molecule has 4 aromatic carbocycles. The molecular weight excluding hydrogens is 434 g/mol. The first-order chi connectivity index (χ1) is 14.7. The third-order valence-electron chi connectivity index (χ3n) is 5.33. The molecular formula is C26H20BrN3. The van der Waals surface area contributed by atoms with Crippen molar-refractivity contribution in [3.8, 4) is 11.4 Å². The lowest BCUT2D eigenvalue weighted by Crippen LogP contribution is -2.19. The molecule has 1 heterocycles. The number of hydrogen-bond acceptors (Lipinski definition) is 3. The number of aromatic nitrogens is 2. The van der Waals surface area contributed by atoms with Crippen molar-refractivity contribution in [1.82, 2.24) is 9.97 Å². The molecule has 1 aromatic heterocycles. The van der Waals surface area contributed by atoms with Gasteiger partial charge >= 0.3 is 0 Å². The van der Waals surface area contributed by atoms with Gasteiger partial charge in [0.15, 0.2) is 5.82 Å². The molecule has 0 fully saturated rings. The third kappa shape index (κ3) is 3.55. The number of rotatable bonds is 4. The minimum Gasteiger partial charge on any atom is -0.355 e. The summed E-state index contributed by atoms with van der Waals surface area (Å²) in [5.41, 5.74) is 3.23. The highest BCUT2D eigenvalue weighted by Crippen LogP contribution is 2.29. The summed E-state index contributed by atoms with van der Waals surface area (Å²) in [5, 5.41) is 3.59. The lowest BCUT2D eigenvalue weighted by Gasteiger charge is -2.21. The van der Waals surface area contributed by atoms with E-state index in [1.54, 1.807) is 0 Å². The summed E-state index contributed by atoms with van der Waals surface area (Å²) in [7, 11) is 2.10. The van der Waals surface area contributed by atoms with Gasteiger partial charge in [0.1, 0.15) is 5.82 Å². The maximum Gasteiger partial charge on any atom is 0.162 e. The van der Waals surface area contributed by atoms with E-state index in [-0.39, 0.29) is 0 Å². The van der Waals surface area contributed by atoms with E-state index in [0.29, 0.717) is 0 Å². The molecule has 0 aliphatic carbocycles. The molecule has 146 valence electrons. The first kappa shape index (κ1) is 18.8. The second kappa shape index (κ2) is 7.88. The Kier molecular flexibility index (Phi) is 4.93. The van der Waals surface area contributed by atoms with Gasteiger partial charge in [0.25, 0.3) is 0 Å². The van der Waals surface area contributed by atoms with Gasteiger partial charge in [-0.25, -0.2) is 9.97 Å². The smallest absolute Gasteiger partial charge is 0.162 e. The molecule has 3 nitrogen and oxygen atoms in total. The van der Waals surface area contributed by atoms with E-state index in [0.717, 1.165) is 39.1 Å². The number of nitrogens with zero attached hydrogens (tertiary/aromatic N) is 3. The molecule has 0 amide bonds. The number of halogens is 1.